The molecule has 1 saturated carbocycles. The molecule has 1 amide bonds. The van der Waals surface area contributed by atoms with Crippen LogP contribution >= 0.6 is 11.6 Å². The summed E-state index contributed by atoms with van der Waals surface area (Å²) < 4.78 is 39.1. The van der Waals surface area contributed by atoms with Gasteiger partial charge >= 0.3 is 0 Å². The Kier molecular flexibility index (Phi) is 7.72. The molecule has 178 valence electrons. The zero-order valence-corrected chi connectivity index (χ0v) is 19.9. The van der Waals surface area contributed by atoms with Crippen LogP contribution in [0.25, 0.3) is 0 Å². The van der Waals surface area contributed by atoms with E-state index in [0.717, 1.165) is 31.4 Å². The van der Waals surface area contributed by atoms with Gasteiger partial charge in [0.1, 0.15) is 17.2 Å². The number of halogens is 1. The average Bonchev–Trinajstić information content (AvgIpc) is 3.32. The summed E-state index contributed by atoms with van der Waals surface area (Å²) in [6.07, 6.45) is 3.72. The number of carbonyl (C=O) groups excluding carboxylic acids is 1. The van der Waals surface area contributed by atoms with Gasteiger partial charge in [-0.2, -0.15) is 0 Å². The molecule has 9 heteroatoms. The number of ether oxygens (including phenoxy) is 2. The normalized spacial score (nSPS) is 14.0. The first-order valence-corrected chi connectivity index (χ1v) is 12.8. The zero-order chi connectivity index (χ0) is 24.0. The van der Waals surface area contributed by atoms with Gasteiger partial charge in [0.25, 0.3) is 5.91 Å². The molecule has 0 bridgehead atoms. The average molecular weight is 501 g/mol. The molecule has 0 aliphatic heterocycles. The van der Waals surface area contributed by atoms with Gasteiger partial charge in [-0.05, 0) is 67.4 Å². The third-order valence-corrected chi connectivity index (χ3v) is 7.18. The van der Waals surface area contributed by atoms with Crippen LogP contribution in [0.4, 0.5) is 5.69 Å². The Morgan fingerprint density at radius 3 is 2.29 bits per heavy atom. The number of para-hydroxylation sites is 1. The topological polar surface area (TPSA) is 93.7 Å². The maximum absolute atomic E-state index is 12.6. The van der Waals surface area contributed by atoms with Crippen molar-refractivity contribution in [3.8, 4) is 17.2 Å². The monoisotopic (exact) mass is 500 g/mol. The molecule has 34 heavy (non-hydrogen) atoms. The first kappa shape index (κ1) is 24.1. The molecule has 7 nitrogen and oxygen atoms in total. The van der Waals surface area contributed by atoms with E-state index in [-0.39, 0.29) is 34.2 Å². The number of hydrogen-bond acceptors (Lipinski definition) is 5. The molecule has 0 spiro atoms. The van der Waals surface area contributed by atoms with Crippen molar-refractivity contribution < 1.29 is 22.7 Å². The fraction of sp³-hybridized carbons (Fsp3) is 0.240. The van der Waals surface area contributed by atoms with Gasteiger partial charge in [0.2, 0.25) is 10.0 Å². The van der Waals surface area contributed by atoms with Crippen molar-refractivity contribution in [3.05, 3.63) is 77.8 Å². The number of sulfonamides is 1. The minimum absolute atomic E-state index is 0.0395. The van der Waals surface area contributed by atoms with Gasteiger partial charge in [-0.25, -0.2) is 13.1 Å². The summed E-state index contributed by atoms with van der Waals surface area (Å²) in [5, 5.41) is 2.85. The maximum Gasteiger partial charge on any atom is 0.262 e. The van der Waals surface area contributed by atoms with Crippen LogP contribution in [-0.4, -0.2) is 27.0 Å². The van der Waals surface area contributed by atoms with Crippen LogP contribution in [0.15, 0.2) is 77.7 Å². The van der Waals surface area contributed by atoms with Crippen LogP contribution in [0.1, 0.15) is 25.7 Å². The van der Waals surface area contributed by atoms with Crippen molar-refractivity contribution in [2.45, 2.75) is 36.6 Å². The van der Waals surface area contributed by atoms with Gasteiger partial charge in [0.15, 0.2) is 6.61 Å². The van der Waals surface area contributed by atoms with E-state index in [1.54, 1.807) is 24.3 Å². The Morgan fingerprint density at radius 1 is 0.941 bits per heavy atom. The summed E-state index contributed by atoms with van der Waals surface area (Å²) in [4.78, 5) is 12.3. The number of benzene rings is 3. The van der Waals surface area contributed by atoms with Gasteiger partial charge in [0, 0.05) is 11.7 Å². The molecule has 0 saturated heterocycles. The first-order chi connectivity index (χ1) is 16.4. The van der Waals surface area contributed by atoms with E-state index < -0.39 is 10.0 Å². The van der Waals surface area contributed by atoms with E-state index in [9.17, 15) is 13.2 Å². The van der Waals surface area contributed by atoms with Crippen LogP contribution in [0.2, 0.25) is 5.02 Å². The molecule has 3 aromatic carbocycles. The molecule has 1 aliphatic carbocycles. The molecule has 4 rings (SSSR count). The van der Waals surface area contributed by atoms with Crippen molar-refractivity contribution in [1.29, 1.82) is 0 Å². The summed E-state index contributed by atoms with van der Waals surface area (Å²) >= 11 is 6.22. The molecule has 3 aromatic rings. The quantitative estimate of drug-likeness (QED) is 0.412. The summed E-state index contributed by atoms with van der Waals surface area (Å²) in [6.45, 7) is -0.283. The second-order valence-corrected chi connectivity index (χ2v) is 10.1. The molecule has 0 heterocycles. The van der Waals surface area contributed by atoms with Gasteiger partial charge in [0.05, 0.1) is 9.92 Å². The Hall–Kier alpha value is -3.07. The van der Waals surface area contributed by atoms with E-state index in [2.05, 4.69) is 10.0 Å². The lowest BCUT2D eigenvalue weighted by atomic mass is 10.3. The van der Waals surface area contributed by atoms with Gasteiger partial charge in [-0.15, -0.1) is 0 Å². The molecular formula is C25H25ClN2O5S. The van der Waals surface area contributed by atoms with Crippen LogP contribution in [-0.2, 0) is 14.8 Å². The Labute approximate surface area is 204 Å². The maximum atomic E-state index is 12.6. The van der Waals surface area contributed by atoms with Crippen LogP contribution in [0.5, 0.6) is 17.2 Å². The van der Waals surface area contributed by atoms with Crippen molar-refractivity contribution in [2.24, 2.45) is 0 Å². The second-order valence-electron chi connectivity index (χ2n) is 7.97. The minimum atomic E-state index is -3.66. The summed E-state index contributed by atoms with van der Waals surface area (Å²) in [7, 11) is -3.66. The number of rotatable bonds is 9. The van der Waals surface area contributed by atoms with Crippen molar-refractivity contribution in [2.75, 3.05) is 11.9 Å². The standard InChI is InChI=1S/C25H25ClN2O5S/c26-23-16-22(34(30,31)28-19-6-4-5-7-19)14-15-24(23)32-17-25(29)27-18-10-12-21(13-11-18)33-20-8-2-1-3-9-20/h1-3,8-16,19,28H,4-7,17H2,(H,27,29). The highest BCUT2D eigenvalue weighted by Crippen LogP contribution is 2.28. The minimum Gasteiger partial charge on any atom is -0.482 e. The fourth-order valence-corrected chi connectivity index (χ4v) is 5.30. The molecule has 2 N–H and O–H groups in total. The van der Waals surface area contributed by atoms with E-state index in [1.165, 1.54) is 18.2 Å². The van der Waals surface area contributed by atoms with Crippen molar-refractivity contribution in [3.63, 3.8) is 0 Å². The number of anilines is 1. The molecule has 0 radical (unpaired) electrons. The Bertz CT molecular complexity index is 1230. The molecule has 0 aromatic heterocycles. The van der Waals surface area contributed by atoms with E-state index in [4.69, 9.17) is 21.1 Å². The van der Waals surface area contributed by atoms with Crippen molar-refractivity contribution >= 4 is 33.2 Å². The Morgan fingerprint density at radius 2 is 1.62 bits per heavy atom. The highest BCUT2D eigenvalue weighted by atomic mass is 35.5. The number of nitrogens with one attached hydrogen (secondary N) is 2. The van der Waals surface area contributed by atoms with Crippen LogP contribution in [0.3, 0.4) is 0 Å². The van der Waals surface area contributed by atoms with Gasteiger partial charge < -0.3 is 14.8 Å². The largest absolute Gasteiger partial charge is 0.482 e. The highest BCUT2D eigenvalue weighted by Gasteiger charge is 2.23. The highest BCUT2D eigenvalue weighted by molar-refractivity contribution is 7.89. The smallest absolute Gasteiger partial charge is 0.262 e. The molecular weight excluding hydrogens is 476 g/mol. The second kappa shape index (κ2) is 10.9. The molecule has 0 atom stereocenters. The third kappa shape index (κ3) is 6.50. The lowest BCUT2D eigenvalue weighted by molar-refractivity contribution is -0.118. The summed E-state index contributed by atoms with van der Waals surface area (Å²) in [5.41, 5.74) is 0.583. The van der Waals surface area contributed by atoms with Crippen LogP contribution < -0.4 is 19.5 Å². The summed E-state index contributed by atoms with van der Waals surface area (Å²) in [6, 6.07) is 20.5. The third-order valence-electron chi connectivity index (χ3n) is 5.37. The van der Waals surface area contributed by atoms with Gasteiger partial charge in [-0.3, -0.25) is 4.79 Å². The van der Waals surface area contributed by atoms with Crippen LogP contribution in [0, 0.1) is 0 Å². The Balaban J connectivity index is 1.29. The van der Waals surface area contributed by atoms with E-state index in [0.29, 0.717) is 11.4 Å². The molecule has 0 unspecified atom stereocenters. The van der Waals surface area contributed by atoms with Crippen molar-refractivity contribution in [1.82, 2.24) is 4.72 Å². The first-order valence-electron chi connectivity index (χ1n) is 11.0. The lowest BCUT2D eigenvalue weighted by Gasteiger charge is -2.14. The zero-order valence-electron chi connectivity index (χ0n) is 18.4. The predicted octanol–water partition coefficient (Wildman–Crippen LogP) is 5.37. The van der Waals surface area contributed by atoms with E-state index in [1.807, 2.05) is 30.3 Å². The number of carbonyl (C=O) groups is 1. The SMILES string of the molecule is O=C(COc1ccc(S(=O)(=O)NC2CCCC2)cc1Cl)Nc1ccc(Oc2ccccc2)cc1. The predicted molar refractivity (Wildman–Crippen MR) is 131 cm³/mol. The van der Waals surface area contributed by atoms with E-state index >= 15 is 0 Å². The van der Waals surface area contributed by atoms with Gasteiger partial charge in [-0.1, -0.05) is 42.6 Å². The molecule has 1 fully saturated rings. The number of amides is 1. The molecule has 1 aliphatic rings. The number of hydrogen-bond donors (Lipinski definition) is 2. The summed E-state index contributed by atoms with van der Waals surface area (Å²) in [5.74, 6) is 1.21. The lowest BCUT2D eigenvalue weighted by Crippen LogP contribution is -2.32. The fourth-order valence-electron chi connectivity index (χ4n) is 3.67.